The Kier molecular flexibility index (Phi) is 8.96. The highest BCUT2D eigenvalue weighted by Gasteiger charge is 2.37. The van der Waals surface area contributed by atoms with Crippen LogP contribution in [0.5, 0.6) is 0 Å². The molecule has 3 N–H and O–H groups in total. The van der Waals surface area contributed by atoms with Gasteiger partial charge in [-0.2, -0.15) is 0 Å². The fraction of sp³-hybridized carbons (Fsp3) is 0.765. The molecule has 1 aliphatic rings. The van der Waals surface area contributed by atoms with Crippen LogP contribution in [-0.4, -0.2) is 52.1 Å². The molecule has 0 radical (unpaired) electrons. The molecule has 0 aromatic carbocycles. The molecular weight excluding hydrogens is 342 g/mol. The second-order valence-corrected chi connectivity index (χ2v) is 8.01. The Hall–Kier alpha value is -1.57. The normalized spacial score (nSPS) is 18.7. The van der Waals surface area contributed by atoms with Gasteiger partial charge in [0.1, 0.15) is 6.04 Å². The largest absolute Gasteiger partial charge is 0.368 e. The molecule has 2 atom stereocenters. The van der Waals surface area contributed by atoms with Crippen molar-refractivity contribution in [3.05, 3.63) is 0 Å². The summed E-state index contributed by atoms with van der Waals surface area (Å²) in [6.07, 6.45) is 2.64. The van der Waals surface area contributed by atoms with E-state index in [2.05, 4.69) is 5.32 Å². The van der Waals surface area contributed by atoms with E-state index < -0.39 is 11.9 Å². The molecule has 1 aliphatic heterocycles. The molecule has 0 aromatic rings. The number of unbranched alkanes of at least 4 members (excludes halogenated alkanes) is 2. The molecular formula is C17H29N3O4S. The zero-order valence-corrected chi connectivity index (χ0v) is 16.1. The van der Waals surface area contributed by atoms with Crippen LogP contribution in [0.4, 0.5) is 0 Å². The van der Waals surface area contributed by atoms with Crippen molar-refractivity contribution in [2.45, 2.75) is 64.2 Å². The highest BCUT2D eigenvalue weighted by Crippen LogP contribution is 2.25. The Balaban J connectivity index is 2.26. The van der Waals surface area contributed by atoms with Crippen molar-refractivity contribution in [3.63, 3.8) is 0 Å². The van der Waals surface area contributed by atoms with Crippen LogP contribution in [0.3, 0.4) is 0 Å². The summed E-state index contributed by atoms with van der Waals surface area (Å²) in [7, 11) is 0. The molecule has 1 fully saturated rings. The van der Waals surface area contributed by atoms with Crippen molar-refractivity contribution < 1.29 is 19.2 Å². The van der Waals surface area contributed by atoms with Crippen LogP contribution in [-0.2, 0) is 19.2 Å². The van der Waals surface area contributed by atoms with Crippen molar-refractivity contribution in [1.82, 2.24) is 10.2 Å². The predicted octanol–water partition coefficient (Wildman–Crippen LogP) is 1.05. The van der Waals surface area contributed by atoms with E-state index >= 15 is 0 Å². The van der Waals surface area contributed by atoms with E-state index in [4.69, 9.17) is 5.73 Å². The topological polar surface area (TPSA) is 110 Å². The van der Waals surface area contributed by atoms with Crippen molar-refractivity contribution >= 4 is 35.4 Å². The standard InChI is InChI=1S/C17H29N3O4S/c1-4-25-12-10-14(22)20(17(12)24)9-7-5-6-8-13(21)19-15(11(2)3)16(18)23/h11-12,15H,4-10H2,1-3H3,(H2,18,23)(H,19,21)/t12?,15-/m0/s1. The lowest BCUT2D eigenvalue weighted by Gasteiger charge is -2.19. The van der Waals surface area contributed by atoms with Gasteiger partial charge in [-0.1, -0.05) is 27.2 Å². The lowest BCUT2D eigenvalue weighted by atomic mass is 10.0. The first-order valence-electron chi connectivity index (χ1n) is 8.82. The monoisotopic (exact) mass is 371 g/mol. The van der Waals surface area contributed by atoms with Gasteiger partial charge in [-0.3, -0.25) is 24.1 Å². The molecule has 1 rings (SSSR count). The van der Waals surface area contributed by atoms with Crippen LogP contribution < -0.4 is 11.1 Å². The van der Waals surface area contributed by atoms with Crippen LogP contribution in [0, 0.1) is 5.92 Å². The van der Waals surface area contributed by atoms with Gasteiger partial charge in [0.2, 0.25) is 23.6 Å². The Morgan fingerprint density at radius 1 is 1.28 bits per heavy atom. The number of carbonyl (C=O) groups excluding carboxylic acids is 4. The maximum atomic E-state index is 12.1. The number of nitrogens with two attached hydrogens (primary N) is 1. The van der Waals surface area contributed by atoms with Gasteiger partial charge in [-0.05, 0) is 24.5 Å². The molecule has 1 unspecified atom stereocenters. The van der Waals surface area contributed by atoms with Gasteiger partial charge in [0.15, 0.2) is 0 Å². The lowest BCUT2D eigenvalue weighted by molar-refractivity contribution is -0.138. The fourth-order valence-corrected chi connectivity index (χ4v) is 3.70. The summed E-state index contributed by atoms with van der Waals surface area (Å²) in [6, 6.07) is -0.652. The summed E-state index contributed by atoms with van der Waals surface area (Å²) < 4.78 is 0. The maximum Gasteiger partial charge on any atom is 0.242 e. The Morgan fingerprint density at radius 2 is 1.96 bits per heavy atom. The summed E-state index contributed by atoms with van der Waals surface area (Å²) in [5, 5.41) is 2.42. The molecule has 8 heteroatoms. The molecule has 142 valence electrons. The van der Waals surface area contributed by atoms with E-state index in [1.54, 1.807) is 0 Å². The number of carbonyl (C=O) groups is 4. The molecule has 0 saturated carbocycles. The van der Waals surface area contributed by atoms with Gasteiger partial charge < -0.3 is 11.1 Å². The molecule has 0 bridgehead atoms. The summed E-state index contributed by atoms with van der Waals surface area (Å²) in [5.74, 6) is -0.164. The number of rotatable bonds is 11. The summed E-state index contributed by atoms with van der Waals surface area (Å²) in [4.78, 5) is 48.5. The van der Waals surface area contributed by atoms with Crippen LogP contribution >= 0.6 is 11.8 Å². The molecule has 0 aliphatic carbocycles. The number of nitrogens with one attached hydrogen (secondary N) is 1. The number of thioether (sulfide) groups is 1. The van der Waals surface area contributed by atoms with E-state index in [0.717, 1.165) is 12.2 Å². The van der Waals surface area contributed by atoms with Crippen molar-refractivity contribution in [2.24, 2.45) is 11.7 Å². The van der Waals surface area contributed by atoms with Crippen LogP contribution in [0.1, 0.15) is 52.9 Å². The lowest BCUT2D eigenvalue weighted by Crippen LogP contribution is -2.47. The zero-order valence-electron chi connectivity index (χ0n) is 15.2. The predicted molar refractivity (Wildman–Crippen MR) is 97.7 cm³/mol. The Bertz CT molecular complexity index is 510. The summed E-state index contributed by atoms with van der Waals surface area (Å²) >= 11 is 1.51. The highest BCUT2D eigenvalue weighted by molar-refractivity contribution is 8.00. The Labute approximate surface area is 153 Å². The highest BCUT2D eigenvalue weighted by atomic mass is 32.2. The molecule has 1 saturated heterocycles. The van der Waals surface area contributed by atoms with Crippen LogP contribution in [0.25, 0.3) is 0 Å². The van der Waals surface area contributed by atoms with E-state index in [0.29, 0.717) is 32.2 Å². The van der Waals surface area contributed by atoms with Gasteiger partial charge >= 0.3 is 0 Å². The molecule has 25 heavy (non-hydrogen) atoms. The SMILES string of the molecule is CCSC1CC(=O)N(CCCCCC(=O)N[C@H](C(N)=O)C(C)C)C1=O. The molecule has 1 heterocycles. The first-order valence-corrected chi connectivity index (χ1v) is 9.87. The Morgan fingerprint density at radius 3 is 2.52 bits per heavy atom. The smallest absolute Gasteiger partial charge is 0.242 e. The molecule has 7 nitrogen and oxygen atoms in total. The van der Waals surface area contributed by atoms with Gasteiger partial charge in [0, 0.05) is 19.4 Å². The number of primary amides is 1. The third kappa shape index (κ3) is 6.68. The van der Waals surface area contributed by atoms with Crippen LogP contribution in [0.15, 0.2) is 0 Å². The number of hydrogen-bond acceptors (Lipinski definition) is 5. The minimum absolute atomic E-state index is 0.0532. The van der Waals surface area contributed by atoms with Crippen molar-refractivity contribution in [1.29, 1.82) is 0 Å². The van der Waals surface area contributed by atoms with Crippen molar-refractivity contribution in [3.8, 4) is 0 Å². The average Bonchev–Trinajstić information content (AvgIpc) is 2.79. The van der Waals surface area contributed by atoms with E-state index in [9.17, 15) is 19.2 Å². The summed E-state index contributed by atoms with van der Waals surface area (Å²) in [5.41, 5.74) is 5.27. The van der Waals surface area contributed by atoms with Crippen LogP contribution in [0.2, 0.25) is 0 Å². The second kappa shape index (κ2) is 10.4. The van der Waals surface area contributed by atoms with Gasteiger partial charge in [0.05, 0.1) is 5.25 Å². The quantitative estimate of drug-likeness (QED) is 0.417. The minimum atomic E-state index is -0.652. The third-order valence-corrected chi connectivity index (χ3v) is 5.25. The van der Waals surface area contributed by atoms with Gasteiger partial charge in [0.25, 0.3) is 0 Å². The minimum Gasteiger partial charge on any atom is -0.368 e. The fourth-order valence-electron chi connectivity index (χ4n) is 2.76. The van der Waals surface area contributed by atoms with Gasteiger partial charge in [-0.15, -0.1) is 11.8 Å². The van der Waals surface area contributed by atoms with E-state index in [1.807, 2.05) is 20.8 Å². The molecule has 4 amide bonds. The number of nitrogens with zero attached hydrogens (tertiary/aromatic N) is 1. The average molecular weight is 372 g/mol. The number of hydrogen-bond donors (Lipinski definition) is 2. The number of amides is 4. The number of likely N-dealkylation sites (tertiary alicyclic amines) is 1. The van der Waals surface area contributed by atoms with E-state index in [1.165, 1.54) is 16.7 Å². The van der Waals surface area contributed by atoms with Crippen molar-refractivity contribution in [2.75, 3.05) is 12.3 Å². The van der Waals surface area contributed by atoms with E-state index in [-0.39, 0.29) is 28.9 Å². The van der Waals surface area contributed by atoms with Gasteiger partial charge in [-0.25, -0.2) is 0 Å². The first kappa shape index (κ1) is 21.5. The summed E-state index contributed by atoms with van der Waals surface area (Å²) in [6.45, 7) is 6.03. The maximum absolute atomic E-state index is 12.1. The second-order valence-electron chi connectivity index (χ2n) is 6.53. The molecule has 0 aromatic heterocycles. The molecule has 0 spiro atoms. The number of imide groups is 1. The third-order valence-electron chi connectivity index (χ3n) is 4.15. The first-order chi connectivity index (χ1) is 11.8. The zero-order chi connectivity index (χ0) is 19.0.